The Morgan fingerprint density at radius 1 is 1.26 bits per heavy atom. The summed E-state index contributed by atoms with van der Waals surface area (Å²) in [5, 5.41) is 8.80. The number of methoxy groups -OCH3 is 1. The molecule has 4 nitrogen and oxygen atoms in total. The molecule has 2 N–H and O–H groups in total. The fourth-order valence-electron chi connectivity index (χ4n) is 2.12. The van der Waals surface area contributed by atoms with Crippen LogP contribution in [-0.2, 0) is 13.0 Å². The highest BCUT2D eigenvalue weighted by Crippen LogP contribution is 2.14. The van der Waals surface area contributed by atoms with E-state index in [4.69, 9.17) is 4.74 Å². The lowest BCUT2D eigenvalue weighted by molar-refractivity contribution is 0.414. The van der Waals surface area contributed by atoms with Crippen molar-refractivity contribution in [3.05, 3.63) is 51.7 Å². The number of rotatable bonds is 6. The van der Waals surface area contributed by atoms with Gasteiger partial charge in [-0.05, 0) is 48.1 Å². The second-order valence-corrected chi connectivity index (χ2v) is 5.98. The molecule has 0 aliphatic rings. The molecule has 0 saturated heterocycles. The first kappa shape index (κ1) is 19.8. The molecular formula is C17H24IN3OS. The number of halogens is 1. The quantitative estimate of drug-likeness (QED) is 0.406. The molecule has 0 amide bonds. The Morgan fingerprint density at radius 3 is 2.74 bits per heavy atom. The molecule has 0 atom stereocenters. The molecule has 126 valence electrons. The van der Waals surface area contributed by atoms with Crippen LogP contribution in [0.3, 0.4) is 0 Å². The maximum Gasteiger partial charge on any atom is 0.191 e. The number of nitrogens with one attached hydrogen (secondary N) is 2. The number of aliphatic imine (C=N–C) groups is 1. The van der Waals surface area contributed by atoms with Gasteiger partial charge in [0.25, 0.3) is 0 Å². The summed E-state index contributed by atoms with van der Waals surface area (Å²) in [6.45, 7) is 3.77. The predicted molar refractivity (Wildman–Crippen MR) is 109 cm³/mol. The summed E-state index contributed by atoms with van der Waals surface area (Å²) in [5.41, 5.74) is 2.57. The number of hydrogen-bond acceptors (Lipinski definition) is 3. The highest BCUT2D eigenvalue weighted by molar-refractivity contribution is 14.0. The van der Waals surface area contributed by atoms with E-state index < -0.39 is 0 Å². The standard InChI is InChI=1S/C17H23N3OS.HI/c1-13-8-10-22-16(13)12-20-17(18-2)19-9-7-14-5-4-6-15(11-14)21-3;/h4-6,8,10-11H,7,9,12H2,1-3H3,(H2,18,19,20);1H. The smallest absolute Gasteiger partial charge is 0.191 e. The lowest BCUT2D eigenvalue weighted by Gasteiger charge is -2.12. The minimum absolute atomic E-state index is 0. The van der Waals surface area contributed by atoms with Crippen molar-refractivity contribution in [2.75, 3.05) is 20.7 Å². The Bertz CT molecular complexity index is 628. The van der Waals surface area contributed by atoms with Gasteiger partial charge in [-0.15, -0.1) is 35.3 Å². The van der Waals surface area contributed by atoms with Gasteiger partial charge in [0.1, 0.15) is 5.75 Å². The lowest BCUT2D eigenvalue weighted by Crippen LogP contribution is -2.37. The molecule has 23 heavy (non-hydrogen) atoms. The molecule has 0 aliphatic carbocycles. The third-order valence-corrected chi connectivity index (χ3v) is 4.47. The topological polar surface area (TPSA) is 45.7 Å². The molecule has 0 unspecified atom stereocenters. The Kier molecular flexibility index (Phi) is 9.01. The van der Waals surface area contributed by atoms with E-state index in [1.54, 1.807) is 25.5 Å². The Morgan fingerprint density at radius 2 is 2.09 bits per heavy atom. The molecule has 0 bridgehead atoms. The number of aryl methyl sites for hydroxylation is 1. The van der Waals surface area contributed by atoms with E-state index in [9.17, 15) is 0 Å². The monoisotopic (exact) mass is 445 g/mol. The Labute approximate surface area is 159 Å². The minimum Gasteiger partial charge on any atom is -0.497 e. The van der Waals surface area contributed by atoms with Gasteiger partial charge in [-0.1, -0.05) is 12.1 Å². The Balaban J connectivity index is 0.00000264. The number of guanidine groups is 1. The summed E-state index contributed by atoms with van der Waals surface area (Å²) in [5.74, 6) is 1.73. The van der Waals surface area contributed by atoms with Crippen molar-refractivity contribution >= 4 is 41.3 Å². The summed E-state index contributed by atoms with van der Waals surface area (Å²) in [6.07, 6.45) is 0.927. The van der Waals surface area contributed by atoms with Gasteiger partial charge < -0.3 is 15.4 Å². The molecule has 0 aliphatic heterocycles. The number of nitrogens with zero attached hydrogens (tertiary/aromatic N) is 1. The van der Waals surface area contributed by atoms with Crippen LogP contribution in [0.15, 0.2) is 40.7 Å². The van der Waals surface area contributed by atoms with Crippen LogP contribution >= 0.6 is 35.3 Å². The summed E-state index contributed by atoms with van der Waals surface area (Å²) < 4.78 is 5.24. The van der Waals surface area contributed by atoms with Crippen molar-refractivity contribution in [2.24, 2.45) is 4.99 Å². The van der Waals surface area contributed by atoms with Crippen LogP contribution in [0.4, 0.5) is 0 Å². The second-order valence-electron chi connectivity index (χ2n) is 4.98. The van der Waals surface area contributed by atoms with E-state index in [1.807, 2.05) is 12.1 Å². The van der Waals surface area contributed by atoms with E-state index in [0.717, 1.165) is 31.2 Å². The molecule has 0 spiro atoms. The number of benzene rings is 1. The molecule has 1 aromatic heterocycles. The normalized spacial score (nSPS) is 10.8. The molecule has 0 radical (unpaired) electrons. The number of ether oxygens (including phenoxy) is 1. The van der Waals surface area contributed by atoms with Crippen LogP contribution in [0, 0.1) is 6.92 Å². The van der Waals surface area contributed by atoms with E-state index in [2.05, 4.69) is 46.1 Å². The van der Waals surface area contributed by atoms with Gasteiger partial charge in [0.05, 0.1) is 13.7 Å². The minimum atomic E-state index is 0. The third kappa shape index (κ3) is 6.39. The van der Waals surface area contributed by atoms with Crippen molar-refractivity contribution < 1.29 is 4.74 Å². The molecular weight excluding hydrogens is 421 g/mol. The SMILES string of the molecule is CN=C(NCCc1cccc(OC)c1)NCc1sccc1C.I. The van der Waals surface area contributed by atoms with Gasteiger partial charge >= 0.3 is 0 Å². The van der Waals surface area contributed by atoms with Crippen LogP contribution in [0.25, 0.3) is 0 Å². The molecule has 1 heterocycles. The predicted octanol–water partition coefficient (Wildman–Crippen LogP) is 3.59. The molecule has 1 aromatic carbocycles. The average Bonchev–Trinajstić information content (AvgIpc) is 2.96. The molecule has 0 fully saturated rings. The lowest BCUT2D eigenvalue weighted by atomic mass is 10.1. The largest absolute Gasteiger partial charge is 0.497 e. The van der Waals surface area contributed by atoms with E-state index in [0.29, 0.717) is 0 Å². The first-order valence-electron chi connectivity index (χ1n) is 7.33. The maximum absolute atomic E-state index is 5.24. The maximum atomic E-state index is 5.24. The first-order chi connectivity index (χ1) is 10.7. The molecule has 2 aromatic rings. The summed E-state index contributed by atoms with van der Waals surface area (Å²) >= 11 is 1.77. The summed E-state index contributed by atoms with van der Waals surface area (Å²) in [6, 6.07) is 10.3. The zero-order chi connectivity index (χ0) is 15.8. The van der Waals surface area contributed by atoms with E-state index >= 15 is 0 Å². The van der Waals surface area contributed by atoms with Gasteiger partial charge in [0.2, 0.25) is 0 Å². The van der Waals surface area contributed by atoms with Crippen LogP contribution < -0.4 is 15.4 Å². The highest BCUT2D eigenvalue weighted by atomic mass is 127. The molecule has 2 rings (SSSR count). The van der Waals surface area contributed by atoms with E-state index in [1.165, 1.54) is 16.0 Å². The summed E-state index contributed by atoms with van der Waals surface area (Å²) in [4.78, 5) is 5.60. The molecule has 6 heteroatoms. The highest BCUT2D eigenvalue weighted by Gasteiger charge is 2.02. The molecule has 0 saturated carbocycles. The average molecular weight is 445 g/mol. The van der Waals surface area contributed by atoms with Gasteiger partial charge in [-0.3, -0.25) is 4.99 Å². The second kappa shape index (κ2) is 10.5. The van der Waals surface area contributed by atoms with E-state index in [-0.39, 0.29) is 24.0 Å². The van der Waals surface area contributed by atoms with Crippen molar-refractivity contribution in [2.45, 2.75) is 19.9 Å². The van der Waals surface area contributed by atoms with Crippen LogP contribution in [0.5, 0.6) is 5.75 Å². The Hall–Kier alpha value is -1.28. The summed E-state index contributed by atoms with van der Waals surface area (Å²) in [7, 11) is 3.48. The van der Waals surface area contributed by atoms with Gasteiger partial charge in [-0.2, -0.15) is 0 Å². The van der Waals surface area contributed by atoms with Gasteiger partial charge in [0, 0.05) is 18.5 Å². The van der Waals surface area contributed by atoms with Crippen molar-refractivity contribution in [1.82, 2.24) is 10.6 Å². The van der Waals surface area contributed by atoms with Crippen LogP contribution in [-0.4, -0.2) is 26.7 Å². The van der Waals surface area contributed by atoms with Gasteiger partial charge in [0.15, 0.2) is 5.96 Å². The van der Waals surface area contributed by atoms with Crippen LogP contribution in [0.1, 0.15) is 16.0 Å². The first-order valence-corrected chi connectivity index (χ1v) is 8.21. The van der Waals surface area contributed by atoms with Crippen molar-refractivity contribution in [3.63, 3.8) is 0 Å². The number of hydrogen-bond donors (Lipinski definition) is 2. The van der Waals surface area contributed by atoms with Gasteiger partial charge in [-0.25, -0.2) is 0 Å². The fourth-order valence-corrected chi connectivity index (χ4v) is 2.97. The van der Waals surface area contributed by atoms with Crippen molar-refractivity contribution in [1.29, 1.82) is 0 Å². The zero-order valence-electron chi connectivity index (χ0n) is 13.8. The third-order valence-electron chi connectivity index (χ3n) is 3.45. The fraction of sp³-hybridized carbons (Fsp3) is 0.353. The zero-order valence-corrected chi connectivity index (χ0v) is 16.9. The van der Waals surface area contributed by atoms with Crippen molar-refractivity contribution in [3.8, 4) is 5.75 Å². The number of thiophene rings is 1. The van der Waals surface area contributed by atoms with Crippen LogP contribution in [0.2, 0.25) is 0 Å².